The molecular formula is C15H16F2N2O3S2. The minimum Gasteiger partial charge on any atom is -0.416 e. The molecule has 2 aromatic rings. The Labute approximate surface area is 142 Å². The van der Waals surface area contributed by atoms with Crippen molar-refractivity contribution in [2.45, 2.75) is 30.2 Å². The Kier molecular flexibility index (Phi) is 4.91. The predicted octanol–water partition coefficient (Wildman–Crippen LogP) is 3.18. The molecule has 9 heteroatoms. The molecule has 1 aromatic heterocycles. The Hall–Kier alpha value is -1.48. The number of thioether (sulfide) groups is 1. The van der Waals surface area contributed by atoms with E-state index in [-0.39, 0.29) is 27.9 Å². The van der Waals surface area contributed by atoms with Gasteiger partial charge in [-0.3, -0.25) is 0 Å². The van der Waals surface area contributed by atoms with Gasteiger partial charge in [0.05, 0.1) is 11.5 Å². The fourth-order valence-electron chi connectivity index (χ4n) is 2.69. The molecule has 24 heavy (non-hydrogen) atoms. The number of nitrogens with zero attached hydrogens (tertiary/aromatic N) is 2. The van der Waals surface area contributed by atoms with Gasteiger partial charge in [-0.1, -0.05) is 17.8 Å². The van der Waals surface area contributed by atoms with Gasteiger partial charge in [0.15, 0.2) is 9.84 Å². The summed E-state index contributed by atoms with van der Waals surface area (Å²) in [6, 6.07) is 3.43. The van der Waals surface area contributed by atoms with E-state index in [2.05, 4.69) is 10.2 Å². The molecule has 0 spiro atoms. The summed E-state index contributed by atoms with van der Waals surface area (Å²) in [6.45, 7) is 1.76. The summed E-state index contributed by atoms with van der Waals surface area (Å²) in [5.74, 6) is -0.513. The fourth-order valence-corrected chi connectivity index (χ4v) is 5.41. The quantitative estimate of drug-likeness (QED) is 0.749. The van der Waals surface area contributed by atoms with Crippen LogP contribution in [0, 0.1) is 17.6 Å². The maximum Gasteiger partial charge on any atom is 0.277 e. The van der Waals surface area contributed by atoms with E-state index in [4.69, 9.17) is 4.42 Å². The van der Waals surface area contributed by atoms with Crippen molar-refractivity contribution >= 4 is 21.6 Å². The fraction of sp³-hybridized carbons (Fsp3) is 0.467. The molecule has 1 saturated heterocycles. The molecule has 5 nitrogen and oxygen atoms in total. The van der Waals surface area contributed by atoms with Gasteiger partial charge in [-0.25, -0.2) is 17.2 Å². The van der Waals surface area contributed by atoms with E-state index >= 15 is 0 Å². The van der Waals surface area contributed by atoms with Crippen LogP contribution in [0.3, 0.4) is 0 Å². The van der Waals surface area contributed by atoms with E-state index in [1.54, 1.807) is 6.92 Å². The molecule has 0 amide bonds. The van der Waals surface area contributed by atoms with Crippen LogP contribution in [0.2, 0.25) is 0 Å². The van der Waals surface area contributed by atoms with Gasteiger partial charge in [0.2, 0.25) is 5.89 Å². The second kappa shape index (κ2) is 6.79. The average molecular weight is 374 g/mol. The summed E-state index contributed by atoms with van der Waals surface area (Å²) in [4.78, 5) is 0. The molecule has 0 bridgehead atoms. The lowest BCUT2D eigenvalue weighted by molar-refractivity contribution is 0.389. The molecule has 1 fully saturated rings. The average Bonchev–Trinajstić information content (AvgIpc) is 3.05. The lowest BCUT2D eigenvalue weighted by Gasteiger charge is -2.09. The van der Waals surface area contributed by atoms with Gasteiger partial charge in [-0.05, 0) is 25.3 Å². The van der Waals surface area contributed by atoms with Crippen LogP contribution >= 0.6 is 11.8 Å². The molecule has 0 radical (unpaired) electrons. The maximum atomic E-state index is 13.8. The van der Waals surface area contributed by atoms with Crippen molar-refractivity contribution in [3.05, 3.63) is 41.3 Å². The highest BCUT2D eigenvalue weighted by molar-refractivity contribution is 7.99. The zero-order chi connectivity index (χ0) is 17.3. The summed E-state index contributed by atoms with van der Waals surface area (Å²) < 4.78 is 55.2. The number of hydrogen-bond donors (Lipinski definition) is 0. The van der Waals surface area contributed by atoms with Gasteiger partial charge in [-0.2, -0.15) is 0 Å². The normalized spacial score (nSPS) is 21.0. The van der Waals surface area contributed by atoms with Crippen LogP contribution in [0.4, 0.5) is 8.78 Å². The van der Waals surface area contributed by atoms with Gasteiger partial charge in [0.25, 0.3) is 5.22 Å². The first kappa shape index (κ1) is 17.3. The van der Waals surface area contributed by atoms with Crippen LogP contribution in [-0.2, 0) is 16.3 Å². The second-order valence-corrected chi connectivity index (χ2v) is 9.38. The summed E-state index contributed by atoms with van der Waals surface area (Å²) in [6.07, 6.45) is 1.02. The first-order chi connectivity index (χ1) is 11.3. The lowest BCUT2D eigenvalue weighted by Crippen LogP contribution is -2.07. The van der Waals surface area contributed by atoms with Crippen LogP contribution in [0.15, 0.2) is 27.8 Å². The standard InChI is InChI=1S/C15H16F2N2O3S2/c1-9(12-3-2-11(16)7-13(12)17)23-15-19-18-14(22-15)6-10-4-5-24(20,21)8-10/h2-3,7,9-10H,4-6,8H2,1H3/t9-,10-/m1/s1. The van der Waals surface area contributed by atoms with Crippen molar-refractivity contribution in [2.75, 3.05) is 11.5 Å². The van der Waals surface area contributed by atoms with Crippen molar-refractivity contribution in [3.8, 4) is 0 Å². The van der Waals surface area contributed by atoms with Crippen LogP contribution in [-0.4, -0.2) is 30.1 Å². The third-order valence-electron chi connectivity index (χ3n) is 3.92. The molecule has 0 saturated carbocycles. The highest BCUT2D eigenvalue weighted by Gasteiger charge is 2.29. The molecule has 0 unspecified atom stereocenters. The van der Waals surface area contributed by atoms with Crippen molar-refractivity contribution in [1.29, 1.82) is 0 Å². The highest BCUT2D eigenvalue weighted by atomic mass is 32.2. The molecule has 2 heterocycles. The molecule has 3 rings (SSSR count). The maximum absolute atomic E-state index is 13.8. The molecule has 1 aromatic carbocycles. The van der Waals surface area contributed by atoms with Crippen LogP contribution in [0.1, 0.15) is 30.0 Å². The monoisotopic (exact) mass is 374 g/mol. The Bertz CT molecular complexity index is 839. The second-order valence-electron chi connectivity index (χ2n) is 5.86. The third kappa shape index (κ3) is 4.13. The zero-order valence-corrected chi connectivity index (χ0v) is 14.5. The van der Waals surface area contributed by atoms with Gasteiger partial charge in [0.1, 0.15) is 11.6 Å². The summed E-state index contributed by atoms with van der Waals surface area (Å²) in [5, 5.41) is 7.78. The number of sulfone groups is 1. The molecule has 2 atom stereocenters. The van der Waals surface area contributed by atoms with E-state index in [1.165, 1.54) is 23.9 Å². The number of aromatic nitrogens is 2. The molecular weight excluding hydrogens is 358 g/mol. The van der Waals surface area contributed by atoms with Crippen molar-refractivity contribution in [1.82, 2.24) is 10.2 Å². The topological polar surface area (TPSA) is 73.1 Å². The summed E-state index contributed by atoms with van der Waals surface area (Å²) in [5.41, 5.74) is 0.350. The smallest absolute Gasteiger partial charge is 0.277 e. The van der Waals surface area contributed by atoms with E-state index in [0.29, 0.717) is 24.3 Å². The third-order valence-corrected chi connectivity index (χ3v) is 6.73. The van der Waals surface area contributed by atoms with Crippen molar-refractivity contribution in [3.63, 3.8) is 0 Å². The highest BCUT2D eigenvalue weighted by Crippen LogP contribution is 2.35. The van der Waals surface area contributed by atoms with Crippen molar-refractivity contribution in [2.24, 2.45) is 5.92 Å². The molecule has 130 valence electrons. The molecule has 0 aliphatic carbocycles. The lowest BCUT2D eigenvalue weighted by atomic mass is 10.1. The molecule has 1 aliphatic heterocycles. The van der Waals surface area contributed by atoms with E-state index < -0.39 is 21.5 Å². The predicted molar refractivity (Wildman–Crippen MR) is 85.4 cm³/mol. The summed E-state index contributed by atoms with van der Waals surface area (Å²) >= 11 is 1.17. The zero-order valence-electron chi connectivity index (χ0n) is 12.9. The van der Waals surface area contributed by atoms with Crippen LogP contribution < -0.4 is 0 Å². The van der Waals surface area contributed by atoms with E-state index in [1.807, 2.05) is 0 Å². The van der Waals surface area contributed by atoms with E-state index in [9.17, 15) is 17.2 Å². The Morgan fingerprint density at radius 2 is 2.17 bits per heavy atom. The van der Waals surface area contributed by atoms with Crippen LogP contribution in [0.5, 0.6) is 0 Å². The molecule has 1 aliphatic rings. The summed E-state index contributed by atoms with van der Waals surface area (Å²) in [7, 11) is -2.94. The Morgan fingerprint density at radius 3 is 2.83 bits per heavy atom. The number of hydrogen-bond acceptors (Lipinski definition) is 6. The largest absolute Gasteiger partial charge is 0.416 e. The van der Waals surface area contributed by atoms with Gasteiger partial charge >= 0.3 is 0 Å². The Morgan fingerprint density at radius 1 is 1.38 bits per heavy atom. The number of benzene rings is 1. The van der Waals surface area contributed by atoms with Gasteiger partial charge < -0.3 is 4.42 Å². The minimum atomic E-state index is -2.94. The number of halogens is 2. The Balaban J connectivity index is 1.63. The van der Waals surface area contributed by atoms with Crippen LogP contribution in [0.25, 0.3) is 0 Å². The van der Waals surface area contributed by atoms with Gasteiger partial charge in [-0.15, -0.1) is 10.2 Å². The first-order valence-corrected chi connectivity index (χ1v) is 10.2. The first-order valence-electron chi connectivity index (χ1n) is 7.47. The van der Waals surface area contributed by atoms with Crippen molar-refractivity contribution < 1.29 is 21.6 Å². The number of rotatable bonds is 5. The van der Waals surface area contributed by atoms with Gasteiger partial charge in [0, 0.05) is 23.3 Å². The SMILES string of the molecule is C[C@@H](Sc1nnc(C[C@H]2CCS(=O)(=O)C2)o1)c1ccc(F)cc1F. The van der Waals surface area contributed by atoms with E-state index in [0.717, 1.165) is 6.07 Å². The molecule has 0 N–H and O–H groups in total. The minimum absolute atomic E-state index is 0.000247.